The smallest absolute Gasteiger partial charge is 0.244 e. The Balaban J connectivity index is 2.31. The van der Waals surface area contributed by atoms with Gasteiger partial charge in [-0.3, -0.25) is 0 Å². The van der Waals surface area contributed by atoms with Crippen molar-refractivity contribution in [2.45, 2.75) is 56.7 Å². The summed E-state index contributed by atoms with van der Waals surface area (Å²) in [5, 5.41) is 0. The normalized spacial score (nSPS) is 23.4. The molecule has 6 nitrogen and oxygen atoms in total. The van der Waals surface area contributed by atoms with Crippen molar-refractivity contribution >= 4 is 10.0 Å². The fourth-order valence-electron chi connectivity index (χ4n) is 2.90. The summed E-state index contributed by atoms with van der Waals surface area (Å²) in [6.07, 6.45) is 2.54. The first-order chi connectivity index (χ1) is 9.40. The number of aryl methyl sites for hydroxylation is 2. The Morgan fingerprint density at radius 3 is 2.65 bits per heavy atom. The van der Waals surface area contributed by atoms with Crippen molar-refractivity contribution in [3.8, 4) is 0 Å². The second kappa shape index (κ2) is 5.85. The van der Waals surface area contributed by atoms with Crippen LogP contribution in [0.4, 0.5) is 0 Å². The summed E-state index contributed by atoms with van der Waals surface area (Å²) in [7, 11) is -2.04. The van der Waals surface area contributed by atoms with Crippen LogP contribution in [-0.2, 0) is 21.3 Å². The highest BCUT2D eigenvalue weighted by atomic mass is 32.2. The van der Waals surface area contributed by atoms with E-state index in [2.05, 4.69) is 4.72 Å². The SMILES string of the molecule is COC1CCCC1NS(=O)(=O)c1c(C)oc(C)c1CN. The molecular formula is C13H22N2O4S. The van der Waals surface area contributed by atoms with Crippen LogP contribution in [0.25, 0.3) is 0 Å². The Bertz CT molecular complexity index is 579. The molecule has 1 heterocycles. The van der Waals surface area contributed by atoms with E-state index < -0.39 is 10.0 Å². The lowest BCUT2D eigenvalue weighted by atomic mass is 10.2. The van der Waals surface area contributed by atoms with Crippen molar-refractivity contribution in [3.63, 3.8) is 0 Å². The van der Waals surface area contributed by atoms with E-state index in [-0.39, 0.29) is 23.6 Å². The molecule has 0 saturated heterocycles. The minimum absolute atomic E-state index is 0.0700. The van der Waals surface area contributed by atoms with Gasteiger partial charge in [0.1, 0.15) is 16.4 Å². The molecule has 0 bridgehead atoms. The molecule has 7 heteroatoms. The van der Waals surface area contributed by atoms with Crippen LogP contribution in [0, 0.1) is 13.8 Å². The molecule has 0 amide bonds. The van der Waals surface area contributed by atoms with E-state index in [1.54, 1.807) is 21.0 Å². The van der Waals surface area contributed by atoms with Gasteiger partial charge < -0.3 is 14.9 Å². The van der Waals surface area contributed by atoms with Gasteiger partial charge in [0.2, 0.25) is 10.0 Å². The summed E-state index contributed by atoms with van der Waals surface area (Å²) < 4.78 is 38.6. The van der Waals surface area contributed by atoms with E-state index in [0.717, 1.165) is 19.3 Å². The number of hydrogen-bond acceptors (Lipinski definition) is 5. The monoisotopic (exact) mass is 302 g/mol. The van der Waals surface area contributed by atoms with E-state index in [0.29, 0.717) is 17.1 Å². The molecule has 20 heavy (non-hydrogen) atoms. The highest BCUT2D eigenvalue weighted by Crippen LogP contribution is 2.28. The van der Waals surface area contributed by atoms with Gasteiger partial charge in [-0.2, -0.15) is 0 Å². The first-order valence-electron chi connectivity index (χ1n) is 6.74. The van der Waals surface area contributed by atoms with Gasteiger partial charge in [-0.05, 0) is 33.1 Å². The maximum absolute atomic E-state index is 12.6. The average molecular weight is 302 g/mol. The zero-order chi connectivity index (χ0) is 14.9. The summed E-state index contributed by atoms with van der Waals surface area (Å²) in [5.74, 6) is 0.933. The molecule has 2 unspecified atom stereocenters. The molecule has 0 spiro atoms. The first kappa shape index (κ1) is 15.5. The van der Waals surface area contributed by atoms with Gasteiger partial charge in [0, 0.05) is 25.3 Å². The zero-order valence-electron chi connectivity index (χ0n) is 12.1. The van der Waals surface area contributed by atoms with Crippen molar-refractivity contribution < 1.29 is 17.6 Å². The Hall–Kier alpha value is -0.890. The van der Waals surface area contributed by atoms with Crippen LogP contribution in [0.15, 0.2) is 9.31 Å². The van der Waals surface area contributed by atoms with Crippen LogP contribution in [0.2, 0.25) is 0 Å². The molecule has 2 atom stereocenters. The first-order valence-corrected chi connectivity index (χ1v) is 8.23. The van der Waals surface area contributed by atoms with Gasteiger partial charge in [-0.15, -0.1) is 0 Å². The molecule has 1 aliphatic carbocycles. The molecule has 0 radical (unpaired) electrons. The molecule has 3 N–H and O–H groups in total. The highest BCUT2D eigenvalue weighted by molar-refractivity contribution is 7.89. The fraction of sp³-hybridized carbons (Fsp3) is 0.692. The van der Waals surface area contributed by atoms with Crippen molar-refractivity contribution in [3.05, 3.63) is 17.1 Å². The Labute approximate surface area is 119 Å². The predicted molar refractivity (Wildman–Crippen MR) is 74.8 cm³/mol. The molecule has 0 aliphatic heterocycles. The molecule has 1 aromatic heterocycles. The number of nitrogens with two attached hydrogens (primary N) is 1. The number of furan rings is 1. The summed E-state index contributed by atoms with van der Waals surface area (Å²) in [6.45, 7) is 3.50. The van der Waals surface area contributed by atoms with Gasteiger partial charge in [0.15, 0.2) is 0 Å². The third kappa shape index (κ3) is 2.76. The highest BCUT2D eigenvalue weighted by Gasteiger charge is 2.34. The third-order valence-corrected chi connectivity index (χ3v) is 5.54. The average Bonchev–Trinajstić information content (AvgIpc) is 2.92. The minimum Gasteiger partial charge on any atom is -0.465 e. The number of hydrogen-bond donors (Lipinski definition) is 2. The Kier molecular flexibility index (Phi) is 4.53. The summed E-state index contributed by atoms with van der Waals surface area (Å²) in [6, 6.07) is -0.190. The molecule has 1 fully saturated rings. The quantitative estimate of drug-likeness (QED) is 0.852. The van der Waals surface area contributed by atoms with E-state index in [4.69, 9.17) is 14.9 Å². The maximum atomic E-state index is 12.6. The summed E-state index contributed by atoms with van der Waals surface area (Å²) in [4.78, 5) is 0.180. The third-order valence-electron chi connectivity index (χ3n) is 3.86. The van der Waals surface area contributed by atoms with Crippen LogP contribution in [0.3, 0.4) is 0 Å². The topological polar surface area (TPSA) is 94.6 Å². The second-order valence-electron chi connectivity index (χ2n) is 5.16. The van der Waals surface area contributed by atoms with E-state index in [1.165, 1.54) is 0 Å². The molecular weight excluding hydrogens is 280 g/mol. The van der Waals surface area contributed by atoms with E-state index in [1.807, 2.05) is 0 Å². The van der Waals surface area contributed by atoms with Gasteiger partial charge >= 0.3 is 0 Å². The van der Waals surface area contributed by atoms with Crippen molar-refractivity contribution in [2.75, 3.05) is 7.11 Å². The van der Waals surface area contributed by atoms with E-state index >= 15 is 0 Å². The van der Waals surface area contributed by atoms with Gasteiger partial charge in [-0.1, -0.05) is 0 Å². The maximum Gasteiger partial charge on any atom is 0.244 e. The van der Waals surface area contributed by atoms with Crippen molar-refractivity contribution in [2.24, 2.45) is 5.73 Å². The standard InChI is InChI=1S/C13H22N2O4S/c1-8-10(7-14)13(9(2)19-8)20(16,17)15-11-5-4-6-12(11)18-3/h11-12,15H,4-7,14H2,1-3H3. The molecule has 1 aliphatic rings. The molecule has 114 valence electrons. The molecule has 0 aromatic carbocycles. The van der Waals surface area contributed by atoms with Crippen molar-refractivity contribution in [1.82, 2.24) is 4.72 Å². The Morgan fingerprint density at radius 2 is 2.05 bits per heavy atom. The second-order valence-corrected chi connectivity index (χ2v) is 6.81. The lowest BCUT2D eigenvalue weighted by molar-refractivity contribution is 0.0916. The summed E-state index contributed by atoms with van der Waals surface area (Å²) in [5.41, 5.74) is 6.19. The summed E-state index contributed by atoms with van der Waals surface area (Å²) >= 11 is 0. The number of nitrogens with one attached hydrogen (secondary N) is 1. The van der Waals surface area contributed by atoms with Gasteiger partial charge in [0.05, 0.1) is 6.10 Å². The predicted octanol–water partition coefficient (Wildman–Crippen LogP) is 1.20. The van der Waals surface area contributed by atoms with Crippen molar-refractivity contribution in [1.29, 1.82) is 0 Å². The number of rotatable bonds is 5. The van der Waals surface area contributed by atoms with Crippen LogP contribution in [0.1, 0.15) is 36.3 Å². The van der Waals surface area contributed by atoms with Crippen LogP contribution >= 0.6 is 0 Å². The number of ether oxygens (including phenoxy) is 1. The van der Waals surface area contributed by atoms with Crippen LogP contribution in [0.5, 0.6) is 0 Å². The molecule has 1 saturated carbocycles. The molecule has 2 rings (SSSR count). The van der Waals surface area contributed by atoms with Crippen LogP contribution < -0.4 is 10.5 Å². The number of methoxy groups -OCH3 is 1. The lowest BCUT2D eigenvalue weighted by Crippen LogP contribution is -2.41. The largest absolute Gasteiger partial charge is 0.465 e. The molecule has 1 aromatic rings. The minimum atomic E-state index is -3.64. The van der Waals surface area contributed by atoms with Gasteiger partial charge in [-0.25, -0.2) is 13.1 Å². The van der Waals surface area contributed by atoms with Gasteiger partial charge in [0.25, 0.3) is 0 Å². The van der Waals surface area contributed by atoms with E-state index in [9.17, 15) is 8.42 Å². The van der Waals surface area contributed by atoms with Crippen LogP contribution in [-0.4, -0.2) is 27.7 Å². The Morgan fingerprint density at radius 1 is 1.35 bits per heavy atom. The fourth-order valence-corrected chi connectivity index (χ4v) is 4.66. The number of sulfonamides is 1. The zero-order valence-corrected chi connectivity index (χ0v) is 12.9. The lowest BCUT2D eigenvalue weighted by Gasteiger charge is -2.19.